The Kier molecular flexibility index (Phi) is 9.09. The van der Waals surface area contributed by atoms with Crippen molar-refractivity contribution in [2.24, 2.45) is 0 Å². The Morgan fingerprint density at radius 3 is 2.35 bits per heavy atom. The van der Waals surface area contributed by atoms with E-state index in [1.54, 1.807) is 7.11 Å². The van der Waals surface area contributed by atoms with Gasteiger partial charge in [-0.2, -0.15) is 0 Å². The zero-order valence-corrected chi connectivity index (χ0v) is 20.8. The third-order valence-electron chi connectivity index (χ3n) is 5.27. The first-order chi connectivity index (χ1) is 16.4. The molecule has 0 aliphatic heterocycles. The van der Waals surface area contributed by atoms with Crippen molar-refractivity contribution in [2.75, 3.05) is 18.2 Å². The molecular formula is C25H31N5O3S. The van der Waals surface area contributed by atoms with Gasteiger partial charge in [0.1, 0.15) is 5.75 Å². The van der Waals surface area contributed by atoms with E-state index in [0.29, 0.717) is 23.4 Å². The second kappa shape index (κ2) is 12.2. The van der Waals surface area contributed by atoms with Gasteiger partial charge in [-0.3, -0.25) is 9.59 Å². The van der Waals surface area contributed by atoms with E-state index in [-0.39, 0.29) is 30.5 Å². The molecule has 0 spiro atoms. The van der Waals surface area contributed by atoms with Crippen molar-refractivity contribution >= 4 is 29.3 Å². The molecule has 3 rings (SSSR count). The quantitative estimate of drug-likeness (QED) is 0.402. The van der Waals surface area contributed by atoms with Crippen LogP contribution in [0.15, 0.2) is 53.7 Å². The van der Waals surface area contributed by atoms with E-state index < -0.39 is 0 Å². The fourth-order valence-corrected chi connectivity index (χ4v) is 4.14. The van der Waals surface area contributed by atoms with Crippen molar-refractivity contribution in [1.29, 1.82) is 0 Å². The van der Waals surface area contributed by atoms with Gasteiger partial charge in [-0.25, -0.2) is 0 Å². The lowest BCUT2D eigenvalue weighted by atomic mass is 10.0. The summed E-state index contributed by atoms with van der Waals surface area (Å²) in [5.41, 5.74) is 2.90. The molecule has 0 saturated carbocycles. The van der Waals surface area contributed by atoms with Crippen LogP contribution in [0.25, 0.3) is 0 Å². The number of carbonyl (C=O) groups is 2. The predicted molar refractivity (Wildman–Crippen MR) is 134 cm³/mol. The van der Waals surface area contributed by atoms with Gasteiger partial charge in [0.25, 0.3) is 0 Å². The first-order valence-electron chi connectivity index (χ1n) is 11.2. The maximum atomic E-state index is 12.4. The normalized spacial score (nSPS) is 10.9. The average Bonchev–Trinajstić information content (AvgIpc) is 3.24. The summed E-state index contributed by atoms with van der Waals surface area (Å²) in [6, 6.07) is 15.3. The average molecular weight is 482 g/mol. The summed E-state index contributed by atoms with van der Waals surface area (Å²) in [6.07, 6.45) is 0.268. The molecule has 0 unspecified atom stereocenters. The summed E-state index contributed by atoms with van der Waals surface area (Å²) in [7, 11) is 1.61. The van der Waals surface area contributed by atoms with Crippen molar-refractivity contribution in [3.05, 3.63) is 65.5 Å². The standard InChI is InChI=1S/C25H31N5O3S/c1-5-30-22(15-26-23(31)14-18-6-12-21(33-4)13-7-18)28-29-25(30)34-16-24(32)27-20-10-8-19(9-11-20)17(2)3/h6-13,17H,5,14-16H2,1-4H3,(H,26,31)(H,27,32). The Labute approximate surface area is 204 Å². The molecule has 2 N–H and O–H groups in total. The summed E-state index contributed by atoms with van der Waals surface area (Å²) in [5, 5.41) is 14.9. The largest absolute Gasteiger partial charge is 0.497 e. The lowest BCUT2D eigenvalue weighted by molar-refractivity contribution is -0.120. The van der Waals surface area contributed by atoms with Gasteiger partial charge in [-0.1, -0.05) is 49.9 Å². The monoisotopic (exact) mass is 481 g/mol. The number of benzene rings is 2. The maximum absolute atomic E-state index is 12.4. The highest BCUT2D eigenvalue weighted by Gasteiger charge is 2.14. The van der Waals surface area contributed by atoms with E-state index in [1.165, 1.54) is 17.3 Å². The van der Waals surface area contributed by atoms with Crippen molar-refractivity contribution in [3.8, 4) is 5.75 Å². The highest BCUT2D eigenvalue weighted by atomic mass is 32.2. The van der Waals surface area contributed by atoms with Crippen LogP contribution in [-0.4, -0.2) is 39.4 Å². The number of amides is 2. The molecule has 2 amide bonds. The number of rotatable bonds is 11. The molecular weight excluding hydrogens is 450 g/mol. The van der Waals surface area contributed by atoms with Crippen molar-refractivity contribution in [2.45, 2.75) is 51.4 Å². The minimum atomic E-state index is -0.109. The summed E-state index contributed by atoms with van der Waals surface area (Å²) in [5.74, 6) is 1.85. The summed E-state index contributed by atoms with van der Waals surface area (Å²) < 4.78 is 7.04. The maximum Gasteiger partial charge on any atom is 0.234 e. The zero-order chi connectivity index (χ0) is 24.5. The van der Waals surface area contributed by atoms with Crippen molar-refractivity contribution in [1.82, 2.24) is 20.1 Å². The minimum Gasteiger partial charge on any atom is -0.497 e. The number of methoxy groups -OCH3 is 1. The van der Waals surface area contributed by atoms with Crippen LogP contribution in [0.3, 0.4) is 0 Å². The smallest absolute Gasteiger partial charge is 0.234 e. The van der Waals surface area contributed by atoms with Crippen LogP contribution in [0, 0.1) is 0 Å². The predicted octanol–water partition coefficient (Wildman–Crippen LogP) is 4.02. The van der Waals surface area contributed by atoms with Crippen molar-refractivity contribution in [3.63, 3.8) is 0 Å². The fraction of sp³-hybridized carbons (Fsp3) is 0.360. The van der Waals surface area contributed by atoms with Gasteiger partial charge in [0, 0.05) is 12.2 Å². The Bertz CT molecular complexity index is 1090. The molecule has 0 atom stereocenters. The van der Waals surface area contributed by atoms with Crippen molar-refractivity contribution < 1.29 is 14.3 Å². The second-order valence-corrected chi connectivity index (χ2v) is 9.00. The molecule has 2 aromatic carbocycles. The van der Waals surface area contributed by atoms with E-state index in [9.17, 15) is 9.59 Å². The summed E-state index contributed by atoms with van der Waals surface area (Å²) in [4.78, 5) is 24.7. The van der Waals surface area contributed by atoms with Crippen LogP contribution in [-0.2, 0) is 29.1 Å². The third kappa shape index (κ3) is 7.08. The molecule has 0 bridgehead atoms. The topological polar surface area (TPSA) is 98.1 Å². The highest BCUT2D eigenvalue weighted by molar-refractivity contribution is 7.99. The SMILES string of the molecule is CCn1c(CNC(=O)Cc2ccc(OC)cc2)nnc1SCC(=O)Nc1ccc(C(C)C)cc1. The van der Waals surface area contributed by atoms with Crippen LogP contribution in [0.4, 0.5) is 5.69 Å². The molecule has 9 heteroatoms. The van der Waals surface area contributed by atoms with Gasteiger partial charge in [0.05, 0.1) is 25.8 Å². The molecule has 0 saturated heterocycles. The third-order valence-corrected chi connectivity index (χ3v) is 6.24. The van der Waals surface area contributed by atoms with Gasteiger partial charge >= 0.3 is 0 Å². The molecule has 0 aliphatic rings. The first kappa shape index (κ1) is 25.3. The molecule has 34 heavy (non-hydrogen) atoms. The molecule has 0 aliphatic carbocycles. The van der Waals surface area contributed by atoms with E-state index in [1.807, 2.05) is 60.0 Å². The summed E-state index contributed by atoms with van der Waals surface area (Å²) in [6.45, 7) is 7.15. The van der Waals surface area contributed by atoms with E-state index in [0.717, 1.165) is 17.0 Å². The number of thioether (sulfide) groups is 1. The molecule has 180 valence electrons. The molecule has 0 radical (unpaired) electrons. The number of anilines is 1. The highest BCUT2D eigenvalue weighted by Crippen LogP contribution is 2.20. The Balaban J connectivity index is 1.49. The lowest BCUT2D eigenvalue weighted by Gasteiger charge is -2.10. The number of nitrogens with zero attached hydrogens (tertiary/aromatic N) is 3. The van der Waals surface area contributed by atoms with Gasteiger partial charge in [-0.05, 0) is 48.2 Å². The zero-order valence-electron chi connectivity index (χ0n) is 20.0. The van der Waals surface area contributed by atoms with E-state index >= 15 is 0 Å². The molecule has 1 heterocycles. The number of aromatic nitrogens is 3. The van der Waals surface area contributed by atoms with Crippen LogP contribution in [0.1, 0.15) is 43.6 Å². The molecule has 0 fully saturated rings. The number of ether oxygens (including phenoxy) is 1. The second-order valence-electron chi connectivity index (χ2n) is 8.06. The number of hydrogen-bond acceptors (Lipinski definition) is 6. The van der Waals surface area contributed by atoms with Crippen LogP contribution >= 0.6 is 11.8 Å². The molecule has 8 nitrogen and oxygen atoms in total. The van der Waals surface area contributed by atoms with Gasteiger partial charge < -0.3 is 19.9 Å². The number of carbonyl (C=O) groups excluding carboxylic acids is 2. The van der Waals surface area contributed by atoms with E-state index in [4.69, 9.17) is 4.74 Å². The van der Waals surface area contributed by atoms with Gasteiger partial charge in [0.2, 0.25) is 11.8 Å². The molecule has 3 aromatic rings. The van der Waals surface area contributed by atoms with Gasteiger partial charge in [-0.15, -0.1) is 10.2 Å². The number of nitrogens with one attached hydrogen (secondary N) is 2. The lowest BCUT2D eigenvalue weighted by Crippen LogP contribution is -2.26. The Morgan fingerprint density at radius 1 is 1.03 bits per heavy atom. The number of hydrogen-bond donors (Lipinski definition) is 2. The molecule has 1 aromatic heterocycles. The van der Waals surface area contributed by atoms with Crippen LogP contribution < -0.4 is 15.4 Å². The van der Waals surface area contributed by atoms with Gasteiger partial charge in [0.15, 0.2) is 11.0 Å². The fourth-order valence-electron chi connectivity index (χ4n) is 3.32. The van der Waals surface area contributed by atoms with E-state index in [2.05, 4.69) is 34.7 Å². The van der Waals surface area contributed by atoms with Crippen LogP contribution in [0.5, 0.6) is 5.75 Å². The minimum absolute atomic E-state index is 0.104. The Morgan fingerprint density at radius 2 is 1.74 bits per heavy atom. The first-order valence-corrected chi connectivity index (χ1v) is 12.2. The summed E-state index contributed by atoms with van der Waals surface area (Å²) >= 11 is 1.32. The van der Waals surface area contributed by atoms with Crippen LogP contribution in [0.2, 0.25) is 0 Å². The Hall–Kier alpha value is -3.33.